The summed E-state index contributed by atoms with van der Waals surface area (Å²) in [5.41, 5.74) is 3.21. The van der Waals surface area contributed by atoms with E-state index in [-0.39, 0.29) is 18.5 Å². The van der Waals surface area contributed by atoms with Gasteiger partial charge in [0.25, 0.3) is 0 Å². The molecule has 3 nitrogen and oxygen atoms in total. The van der Waals surface area contributed by atoms with Gasteiger partial charge in [-0.15, -0.1) is 11.8 Å². The Kier molecular flexibility index (Phi) is 7.37. The summed E-state index contributed by atoms with van der Waals surface area (Å²) in [5, 5.41) is 1.08. The number of hydrogen-bond acceptors (Lipinski definition) is 4. The summed E-state index contributed by atoms with van der Waals surface area (Å²) in [5.74, 6) is 1.82. The number of carbonyl (C=O) groups excluding carboxylic acids is 1. The van der Waals surface area contributed by atoms with Crippen LogP contribution >= 0.6 is 11.8 Å². The molecule has 1 aromatic carbocycles. The van der Waals surface area contributed by atoms with Gasteiger partial charge in [-0.2, -0.15) is 0 Å². The number of thioether (sulfide) groups is 1. The highest BCUT2D eigenvalue weighted by atomic mass is 32.2. The fourth-order valence-corrected chi connectivity index (χ4v) is 3.69. The molecule has 0 saturated carbocycles. The van der Waals surface area contributed by atoms with Crippen molar-refractivity contribution in [3.63, 3.8) is 0 Å². The Morgan fingerprint density at radius 3 is 2.41 bits per heavy atom. The van der Waals surface area contributed by atoms with Crippen molar-refractivity contribution < 1.29 is 6.22 Å². The minimum atomic E-state index is 0. The van der Waals surface area contributed by atoms with Crippen molar-refractivity contribution in [2.75, 3.05) is 5.75 Å². The Morgan fingerprint density at radius 2 is 1.81 bits per heavy atom. The Hall–Kier alpha value is -1.94. The van der Waals surface area contributed by atoms with E-state index in [0.29, 0.717) is 5.84 Å². The first-order valence-electron chi connectivity index (χ1n) is 9.70. The van der Waals surface area contributed by atoms with Crippen molar-refractivity contribution >= 4 is 28.4 Å². The van der Waals surface area contributed by atoms with Gasteiger partial charge >= 0.3 is 0 Å². The molecule has 0 bridgehead atoms. The van der Waals surface area contributed by atoms with E-state index in [1.165, 1.54) is 5.56 Å². The van der Waals surface area contributed by atoms with Gasteiger partial charge in [-0.05, 0) is 22.8 Å². The predicted octanol–water partition coefficient (Wildman–Crippen LogP) is 6.20. The average molecular weight is 385 g/mol. The highest BCUT2D eigenvalue weighted by molar-refractivity contribution is 8.13. The maximum Gasteiger partial charge on any atom is 0.180 e. The molecule has 1 aliphatic heterocycles. The molecule has 0 spiro atoms. The number of carbonyl (C=O) groups is 1. The molecule has 1 atom stereocenters. The average Bonchev–Trinajstić information content (AvgIpc) is 2.82. The zero-order chi connectivity index (χ0) is 20.0. The lowest BCUT2D eigenvalue weighted by atomic mass is 9.86. The first kappa shape index (κ1) is 21.4. The van der Waals surface area contributed by atoms with Crippen molar-refractivity contribution in [3.05, 3.63) is 59.3 Å². The maximum atomic E-state index is 11.8. The zero-order valence-electron chi connectivity index (χ0n) is 17.2. The van der Waals surface area contributed by atoms with Crippen LogP contribution in [0, 0.1) is 5.92 Å². The SMILES string of the molecule is CC.CCSC1=NC(c2ccc(C(C)(C)C)cc2)=NC2=CC(=O)C=CC2C1.[HH]. The molecular weight excluding hydrogens is 352 g/mol. The third kappa shape index (κ3) is 5.52. The summed E-state index contributed by atoms with van der Waals surface area (Å²) in [4.78, 5) is 21.3. The highest BCUT2D eigenvalue weighted by Gasteiger charge is 2.23. The lowest BCUT2D eigenvalue weighted by Crippen LogP contribution is -2.11. The maximum absolute atomic E-state index is 11.8. The van der Waals surface area contributed by atoms with Gasteiger partial charge in [0.05, 0.1) is 10.7 Å². The highest BCUT2D eigenvalue weighted by Crippen LogP contribution is 2.30. The van der Waals surface area contributed by atoms with Crippen molar-refractivity contribution in [2.45, 2.75) is 53.4 Å². The fraction of sp³-hybridized carbons (Fsp3) is 0.435. The number of fused-ring (bicyclic) bond motifs is 1. The molecule has 0 saturated heterocycles. The number of aliphatic imine (C=N–C) groups is 2. The number of rotatable bonds is 2. The van der Waals surface area contributed by atoms with Gasteiger partial charge in [0.1, 0.15) is 0 Å². The molecule has 27 heavy (non-hydrogen) atoms. The summed E-state index contributed by atoms with van der Waals surface area (Å²) in [7, 11) is 0. The summed E-state index contributed by atoms with van der Waals surface area (Å²) >= 11 is 1.75. The van der Waals surface area contributed by atoms with E-state index in [1.807, 2.05) is 19.9 Å². The van der Waals surface area contributed by atoms with E-state index in [4.69, 9.17) is 9.98 Å². The van der Waals surface area contributed by atoms with E-state index in [0.717, 1.165) is 28.5 Å². The Morgan fingerprint density at radius 1 is 1.15 bits per heavy atom. The van der Waals surface area contributed by atoms with Gasteiger partial charge in [-0.25, -0.2) is 9.98 Å². The van der Waals surface area contributed by atoms with Crippen LogP contribution in [0.2, 0.25) is 0 Å². The number of amidine groups is 1. The van der Waals surface area contributed by atoms with E-state index >= 15 is 0 Å². The minimum absolute atomic E-state index is 0. The second-order valence-electron chi connectivity index (χ2n) is 7.34. The summed E-state index contributed by atoms with van der Waals surface area (Å²) < 4.78 is 0. The second kappa shape index (κ2) is 9.32. The standard InChI is InChI=1S/C21H24N2OS.C2H6.H2/c1-5-25-19-12-15-8-11-17(24)13-18(15)22-20(23-19)14-6-9-16(10-7-14)21(2,3)4;1-2;/h6-11,13,15H,5,12H2,1-4H3;1-2H3;1H. The smallest absolute Gasteiger partial charge is 0.180 e. The van der Waals surface area contributed by atoms with Gasteiger partial charge in [0.15, 0.2) is 11.6 Å². The van der Waals surface area contributed by atoms with E-state index in [9.17, 15) is 4.79 Å². The third-order valence-corrected chi connectivity index (χ3v) is 5.22. The van der Waals surface area contributed by atoms with Crippen LogP contribution in [0.4, 0.5) is 0 Å². The van der Waals surface area contributed by atoms with Gasteiger partial charge < -0.3 is 0 Å². The third-order valence-electron chi connectivity index (χ3n) is 4.34. The number of hydrogen-bond donors (Lipinski definition) is 0. The van der Waals surface area contributed by atoms with Crippen LogP contribution in [-0.4, -0.2) is 22.4 Å². The predicted molar refractivity (Wildman–Crippen MR) is 121 cm³/mol. The molecule has 1 aliphatic carbocycles. The lowest BCUT2D eigenvalue weighted by Gasteiger charge is -2.19. The molecule has 1 aromatic rings. The second-order valence-corrected chi connectivity index (χ2v) is 8.68. The fourth-order valence-electron chi connectivity index (χ4n) is 2.90. The normalized spacial score (nSPS) is 19.1. The summed E-state index contributed by atoms with van der Waals surface area (Å²) in [6, 6.07) is 8.45. The molecule has 0 aromatic heterocycles. The van der Waals surface area contributed by atoms with Crippen LogP contribution in [0.1, 0.15) is 60.5 Å². The molecule has 3 rings (SSSR count). The van der Waals surface area contributed by atoms with Crippen molar-refractivity contribution in [1.82, 2.24) is 0 Å². The van der Waals surface area contributed by atoms with Crippen LogP contribution in [0.3, 0.4) is 0 Å². The van der Waals surface area contributed by atoms with E-state index in [2.05, 4.69) is 52.0 Å². The van der Waals surface area contributed by atoms with Crippen LogP contribution in [0.25, 0.3) is 0 Å². The Balaban J connectivity index is 0.00000127. The first-order chi connectivity index (χ1) is 12.9. The summed E-state index contributed by atoms with van der Waals surface area (Å²) in [6.07, 6.45) is 6.05. The van der Waals surface area contributed by atoms with Gasteiger partial charge in [0, 0.05) is 25.4 Å². The molecule has 0 amide bonds. The topological polar surface area (TPSA) is 41.8 Å². The molecule has 2 aliphatic rings. The van der Waals surface area contributed by atoms with Crippen LogP contribution in [0.5, 0.6) is 0 Å². The molecule has 1 heterocycles. The van der Waals surface area contributed by atoms with Crippen LogP contribution in [-0.2, 0) is 10.2 Å². The van der Waals surface area contributed by atoms with Gasteiger partial charge in [0.2, 0.25) is 0 Å². The number of nitrogens with zero attached hydrogens (tertiary/aromatic N) is 2. The quantitative estimate of drug-likeness (QED) is 0.609. The minimum Gasteiger partial charge on any atom is -0.290 e. The largest absolute Gasteiger partial charge is 0.290 e. The van der Waals surface area contributed by atoms with E-state index in [1.54, 1.807) is 23.9 Å². The van der Waals surface area contributed by atoms with Crippen molar-refractivity contribution in [2.24, 2.45) is 15.9 Å². The molecular formula is C23H32N2OS. The zero-order valence-corrected chi connectivity index (χ0v) is 18.1. The van der Waals surface area contributed by atoms with Crippen molar-refractivity contribution in [3.8, 4) is 0 Å². The molecule has 0 N–H and O–H groups in total. The van der Waals surface area contributed by atoms with E-state index < -0.39 is 0 Å². The number of allylic oxidation sites excluding steroid dienone is 3. The molecule has 0 radical (unpaired) electrons. The van der Waals surface area contributed by atoms with Gasteiger partial charge in [-0.1, -0.05) is 71.9 Å². The Labute approximate surface area is 169 Å². The molecule has 4 heteroatoms. The van der Waals surface area contributed by atoms with Crippen LogP contribution in [0.15, 0.2) is 58.2 Å². The number of benzene rings is 1. The Bertz CT molecular complexity index is 799. The summed E-state index contributed by atoms with van der Waals surface area (Å²) in [6.45, 7) is 12.7. The van der Waals surface area contributed by atoms with Crippen molar-refractivity contribution in [1.29, 1.82) is 0 Å². The number of ketones is 1. The monoisotopic (exact) mass is 384 g/mol. The first-order valence-corrected chi connectivity index (χ1v) is 10.7. The molecule has 146 valence electrons. The molecule has 1 unspecified atom stereocenters. The molecule has 0 fully saturated rings. The lowest BCUT2D eigenvalue weighted by molar-refractivity contribution is -0.110. The van der Waals surface area contributed by atoms with Gasteiger partial charge in [-0.3, -0.25) is 4.79 Å². The van der Waals surface area contributed by atoms with Crippen LogP contribution < -0.4 is 0 Å².